The number of carbonyl (C=O) groups is 2. The topological polar surface area (TPSA) is 65.1 Å². The van der Waals surface area contributed by atoms with Crippen LogP contribution >= 0.6 is 0 Å². The molecule has 1 heterocycles. The summed E-state index contributed by atoms with van der Waals surface area (Å²) in [5.74, 6) is -1.99. The highest BCUT2D eigenvalue weighted by Gasteiger charge is 2.39. The molecule has 0 unspecified atom stereocenters. The average molecular weight is 359 g/mol. The van der Waals surface area contributed by atoms with Crippen molar-refractivity contribution in [3.05, 3.63) is 36.4 Å². The fourth-order valence-corrected chi connectivity index (χ4v) is 2.29. The zero-order valence-electron chi connectivity index (χ0n) is 13.3. The number of methoxy groups -OCH3 is 1. The van der Waals surface area contributed by atoms with Crippen molar-refractivity contribution in [2.45, 2.75) is 18.8 Å². The van der Waals surface area contributed by atoms with E-state index in [9.17, 15) is 22.8 Å². The molecule has 0 spiro atoms. The van der Waals surface area contributed by atoms with Gasteiger partial charge in [-0.05, 0) is 24.6 Å². The van der Waals surface area contributed by atoms with E-state index in [1.54, 1.807) is 0 Å². The lowest BCUT2D eigenvalue weighted by molar-refractivity contribution is -0.275. The van der Waals surface area contributed by atoms with E-state index in [4.69, 9.17) is 4.74 Å². The van der Waals surface area contributed by atoms with Crippen molar-refractivity contribution < 1.29 is 37.0 Å². The first-order valence-electron chi connectivity index (χ1n) is 7.29. The molecule has 0 aromatic heterocycles. The van der Waals surface area contributed by atoms with Gasteiger partial charge in [0.05, 0.1) is 7.11 Å². The van der Waals surface area contributed by atoms with E-state index in [1.807, 2.05) is 0 Å². The first kappa shape index (κ1) is 18.6. The Morgan fingerprint density at radius 3 is 2.60 bits per heavy atom. The van der Waals surface area contributed by atoms with E-state index in [0.29, 0.717) is 13.0 Å². The third-order valence-corrected chi connectivity index (χ3v) is 3.53. The van der Waals surface area contributed by atoms with Gasteiger partial charge in [0.2, 0.25) is 0 Å². The van der Waals surface area contributed by atoms with E-state index < -0.39 is 30.0 Å². The van der Waals surface area contributed by atoms with E-state index in [0.717, 1.165) is 6.07 Å². The molecule has 0 aliphatic carbocycles. The number of carbonyl (C=O) groups excluding carboxylic acids is 2. The summed E-state index contributed by atoms with van der Waals surface area (Å²) in [6.07, 6.45) is -3.15. The van der Waals surface area contributed by atoms with Crippen molar-refractivity contribution in [2.24, 2.45) is 0 Å². The number of halogens is 3. The van der Waals surface area contributed by atoms with Gasteiger partial charge in [0.25, 0.3) is 5.91 Å². The van der Waals surface area contributed by atoms with E-state index in [2.05, 4.69) is 16.1 Å². The fraction of sp³-hybridized carbons (Fsp3) is 0.375. The van der Waals surface area contributed by atoms with Gasteiger partial charge >= 0.3 is 12.3 Å². The fourth-order valence-electron chi connectivity index (χ4n) is 2.29. The van der Waals surface area contributed by atoms with Crippen molar-refractivity contribution >= 4 is 11.9 Å². The van der Waals surface area contributed by atoms with Crippen LogP contribution in [0.25, 0.3) is 0 Å². The third kappa shape index (κ3) is 4.43. The van der Waals surface area contributed by atoms with Gasteiger partial charge in [-0.1, -0.05) is 12.7 Å². The van der Waals surface area contributed by atoms with Crippen LogP contribution in [0.3, 0.4) is 0 Å². The van der Waals surface area contributed by atoms with Gasteiger partial charge in [0.1, 0.15) is 12.6 Å². The summed E-state index contributed by atoms with van der Waals surface area (Å²) >= 11 is 0. The minimum Gasteiger partial charge on any atom is -0.486 e. The quantitative estimate of drug-likeness (QED) is 0.577. The summed E-state index contributed by atoms with van der Waals surface area (Å²) in [5, 5.41) is 0. The number of ether oxygens (including phenoxy) is 3. The first-order valence-corrected chi connectivity index (χ1v) is 7.29. The summed E-state index contributed by atoms with van der Waals surface area (Å²) in [6, 6.07) is 2.70. The predicted molar refractivity (Wildman–Crippen MR) is 80.3 cm³/mol. The molecule has 2 rings (SSSR count). The Kier molecular flexibility index (Phi) is 5.55. The Labute approximate surface area is 141 Å². The van der Waals surface area contributed by atoms with Crippen LogP contribution in [-0.2, 0) is 9.53 Å². The van der Waals surface area contributed by atoms with Gasteiger partial charge in [-0.25, -0.2) is 4.79 Å². The van der Waals surface area contributed by atoms with E-state index in [-0.39, 0.29) is 17.9 Å². The maximum Gasteiger partial charge on any atom is 0.573 e. The van der Waals surface area contributed by atoms with Crippen LogP contribution in [0.1, 0.15) is 16.8 Å². The summed E-state index contributed by atoms with van der Waals surface area (Å²) in [5.41, 5.74) is -0.0567. The highest BCUT2D eigenvalue weighted by Crippen LogP contribution is 2.34. The number of hydrogen-bond donors (Lipinski definition) is 0. The zero-order valence-corrected chi connectivity index (χ0v) is 13.3. The van der Waals surface area contributed by atoms with Crippen molar-refractivity contribution in [3.63, 3.8) is 0 Å². The van der Waals surface area contributed by atoms with Crippen molar-refractivity contribution in [1.82, 2.24) is 4.90 Å². The lowest BCUT2D eigenvalue weighted by Gasteiger charge is -2.38. The number of esters is 1. The van der Waals surface area contributed by atoms with Crippen LogP contribution in [0.15, 0.2) is 30.9 Å². The van der Waals surface area contributed by atoms with Gasteiger partial charge in [-0.3, -0.25) is 4.79 Å². The Hall–Kier alpha value is -2.71. The number of amides is 1. The van der Waals surface area contributed by atoms with Crippen molar-refractivity contribution in [1.29, 1.82) is 0 Å². The molecule has 1 atom stereocenters. The Balaban J connectivity index is 2.26. The Morgan fingerprint density at radius 1 is 1.36 bits per heavy atom. The first-order chi connectivity index (χ1) is 11.8. The molecule has 0 bridgehead atoms. The second kappa shape index (κ2) is 7.45. The number of nitrogens with zero attached hydrogens (tertiary/aromatic N) is 1. The molecule has 25 heavy (non-hydrogen) atoms. The summed E-state index contributed by atoms with van der Waals surface area (Å²) in [7, 11) is 1.20. The summed E-state index contributed by atoms with van der Waals surface area (Å²) < 4.78 is 51.3. The summed E-state index contributed by atoms with van der Waals surface area (Å²) in [6.45, 7) is 3.69. The van der Waals surface area contributed by atoms with Crippen LogP contribution in [0.4, 0.5) is 13.2 Å². The minimum absolute atomic E-state index is 0.0297. The molecular formula is C16H16F3NO5. The standard InChI is InChI=1S/C16H16F3NO5/c1-3-8-24-12-5-4-10(9-13(12)25-16(17,18)19)14(21)20-7-6-11(20)15(22)23-2/h3-5,9,11H,1,6-8H2,2H3/t11-/m1/s1. The Morgan fingerprint density at radius 2 is 2.08 bits per heavy atom. The SMILES string of the molecule is C=CCOc1ccc(C(=O)N2CC[C@@H]2C(=O)OC)cc1OC(F)(F)F. The molecule has 1 amide bonds. The van der Waals surface area contributed by atoms with Crippen molar-refractivity contribution in [2.75, 3.05) is 20.3 Å². The van der Waals surface area contributed by atoms with Gasteiger partial charge < -0.3 is 19.1 Å². The molecule has 1 fully saturated rings. The van der Waals surface area contributed by atoms with Crippen LogP contribution in [0.2, 0.25) is 0 Å². The van der Waals surface area contributed by atoms with Gasteiger partial charge in [-0.2, -0.15) is 0 Å². The molecule has 136 valence electrons. The second-order valence-electron chi connectivity index (χ2n) is 5.14. The highest BCUT2D eigenvalue weighted by molar-refractivity contribution is 5.98. The molecule has 9 heteroatoms. The Bertz CT molecular complexity index is 674. The van der Waals surface area contributed by atoms with Gasteiger partial charge in [-0.15, -0.1) is 13.2 Å². The third-order valence-electron chi connectivity index (χ3n) is 3.53. The van der Waals surface area contributed by atoms with Crippen LogP contribution < -0.4 is 9.47 Å². The lowest BCUT2D eigenvalue weighted by Crippen LogP contribution is -2.55. The molecule has 1 saturated heterocycles. The van der Waals surface area contributed by atoms with Crippen molar-refractivity contribution in [3.8, 4) is 11.5 Å². The second-order valence-corrected chi connectivity index (χ2v) is 5.14. The molecule has 1 aliphatic heterocycles. The molecule has 1 aromatic rings. The molecular weight excluding hydrogens is 343 g/mol. The van der Waals surface area contributed by atoms with Crippen LogP contribution in [0, 0.1) is 0 Å². The zero-order chi connectivity index (χ0) is 18.6. The smallest absolute Gasteiger partial charge is 0.486 e. The lowest BCUT2D eigenvalue weighted by atomic mass is 10.0. The minimum atomic E-state index is -4.95. The van der Waals surface area contributed by atoms with Crippen LogP contribution in [0.5, 0.6) is 11.5 Å². The molecule has 1 aromatic carbocycles. The van der Waals surface area contributed by atoms with E-state index >= 15 is 0 Å². The molecule has 0 saturated carbocycles. The number of hydrogen-bond acceptors (Lipinski definition) is 5. The monoisotopic (exact) mass is 359 g/mol. The number of benzene rings is 1. The molecule has 0 radical (unpaired) electrons. The largest absolute Gasteiger partial charge is 0.573 e. The van der Waals surface area contributed by atoms with Gasteiger partial charge in [0.15, 0.2) is 11.5 Å². The molecule has 0 N–H and O–H groups in total. The average Bonchev–Trinajstić information content (AvgIpc) is 2.50. The van der Waals surface area contributed by atoms with Gasteiger partial charge in [0, 0.05) is 12.1 Å². The number of likely N-dealkylation sites (tertiary alicyclic amines) is 1. The number of rotatable bonds is 6. The number of alkyl halides is 3. The maximum absolute atomic E-state index is 12.6. The van der Waals surface area contributed by atoms with Crippen LogP contribution in [-0.4, -0.2) is 49.4 Å². The normalized spacial score (nSPS) is 16.6. The molecule has 1 aliphatic rings. The maximum atomic E-state index is 12.6. The summed E-state index contributed by atoms with van der Waals surface area (Å²) in [4.78, 5) is 25.2. The van der Waals surface area contributed by atoms with E-state index in [1.165, 1.54) is 30.2 Å². The highest BCUT2D eigenvalue weighted by atomic mass is 19.4. The molecule has 6 nitrogen and oxygen atoms in total. The predicted octanol–water partition coefficient (Wildman–Crippen LogP) is 2.54.